The molecule has 0 heterocycles. The molecule has 0 aliphatic carbocycles. The first-order valence-corrected chi connectivity index (χ1v) is 5.65. The van der Waals surface area contributed by atoms with E-state index in [-0.39, 0.29) is 0 Å². The molecule has 0 atom stereocenters. The topological polar surface area (TPSA) is 9.23 Å². The maximum absolute atomic E-state index is 5.71. The van der Waals surface area contributed by atoms with Gasteiger partial charge in [-0.25, -0.2) is 0 Å². The van der Waals surface area contributed by atoms with Gasteiger partial charge in [-0.3, -0.25) is 0 Å². The van der Waals surface area contributed by atoms with E-state index in [1.165, 1.54) is 5.56 Å². The third-order valence-corrected chi connectivity index (χ3v) is 2.59. The van der Waals surface area contributed by atoms with Crippen molar-refractivity contribution in [2.24, 2.45) is 0 Å². The summed E-state index contributed by atoms with van der Waals surface area (Å²) in [7, 11) is 0. The molecule has 1 nitrogen and oxygen atoms in total. The minimum atomic E-state index is 0.799. The molecular weight excluding hydrogens is 208 g/mol. The van der Waals surface area contributed by atoms with Crippen LogP contribution < -0.4 is 4.74 Å². The molecule has 1 heteroatoms. The summed E-state index contributed by atoms with van der Waals surface area (Å²) >= 11 is 0. The van der Waals surface area contributed by atoms with Crippen LogP contribution in [-0.2, 0) is 6.42 Å². The van der Waals surface area contributed by atoms with Gasteiger partial charge in [0.05, 0.1) is 0 Å². The molecule has 2 rings (SSSR count). The van der Waals surface area contributed by atoms with E-state index in [1.54, 1.807) is 0 Å². The highest BCUT2D eigenvalue weighted by atomic mass is 16.5. The molecule has 0 fully saturated rings. The van der Waals surface area contributed by atoms with Crippen LogP contribution in [0, 0.1) is 12.3 Å². The van der Waals surface area contributed by atoms with Crippen LogP contribution in [0.4, 0.5) is 0 Å². The Hall–Kier alpha value is -2.20. The average molecular weight is 222 g/mol. The fraction of sp³-hybridized carbons (Fsp3) is 0.125. The Kier molecular flexibility index (Phi) is 3.47. The Balaban J connectivity index is 2.11. The van der Waals surface area contributed by atoms with Crippen molar-refractivity contribution >= 4 is 0 Å². The highest BCUT2D eigenvalue weighted by Crippen LogP contribution is 2.21. The summed E-state index contributed by atoms with van der Waals surface area (Å²) in [4.78, 5) is 0. The fourth-order valence-electron chi connectivity index (χ4n) is 1.55. The molecule has 0 radical (unpaired) electrons. The van der Waals surface area contributed by atoms with E-state index in [9.17, 15) is 0 Å². The molecule has 0 saturated carbocycles. The van der Waals surface area contributed by atoms with Gasteiger partial charge in [-0.05, 0) is 48.4 Å². The van der Waals surface area contributed by atoms with Crippen molar-refractivity contribution in [3.05, 3.63) is 59.7 Å². The lowest BCUT2D eigenvalue weighted by Gasteiger charge is -2.06. The van der Waals surface area contributed by atoms with Gasteiger partial charge in [0.1, 0.15) is 11.5 Å². The number of benzene rings is 2. The molecular formula is C16H14O. The smallest absolute Gasteiger partial charge is 0.127 e. The van der Waals surface area contributed by atoms with Crippen LogP contribution in [0.15, 0.2) is 48.5 Å². The van der Waals surface area contributed by atoms with E-state index in [0.29, 0.717) is 0 Å². The van der Waals surface area contributed by atoms with Gasteiger partial charge < -0.3 is 4.74 Å². The Morgan fingerprint density at radius 2 is 1.47 bits per heavy atom. The lowest BCUT2D eigenvalue weighted by atomic mass is 10.2. The van der Waals surface area contributed by atoms with E-state index in [4.69, 9.17) is 11.2 Å². The quantitative estimate of drug-likeness (QED) is 0.713. The number of aryl methyl sites for hydroxylation is 1. The molecule has 0 bridgehead atoms. The van der Waals surface area contributed by atoms with Crippen LogP contribution in [0.25, 0.3) is 0 Å². The standard InChI is InChI=1S/C16H14O/c1-3-13-5-9-15(10-6-13)17-16-11-7-14(4-2)8-12-16/h1,5-12H,4H2,2H3. The van der Waals surface area contributed by atoms with Crippen LogP contribution in [0.5, 0.6) is 11.5 Å². The Labute approximate surface area is 102 Å². The molecule has 0 aromatic heterocycles. The molecule has 84 valence electrons. The number of hydrogen-bond donors (Lipinski definition) is 0. The molecule has 2 aromatic rings. The van der Waals surface area contributed by atoms with E-state index in [2.05, 4.69) is 25.0 Å². The lowest BCUT2D eigenvalue weighted by molar-refractivity contribution is 0.482. The predicted octanol–water partition coefficient (Wildman–Crippen LogP) is 4.02. The van der Waals surface area contributed by atoms with Crippen molar-refractivity contribution in [2.45, 2.75) is 13.3 Å². The second kappa shape index (κ2) is 5.23. The van der Waals surface area contributed by atoms with Crippen LogP contribution in [-0.4, -0.2) is 0 Å². The van der Waals surface area contributed by atoms with Crippen molar-refractivity contribution in [2.75, 3.05) is 0 Å². The zero-order chi connectivity index (χ0) is 12.1. The van der Waals surface area contributed by atoms with Gasteiger partial charge in [0.2, 0.25) is 0 Å². The van der Waals surface area contributed by atoms with Crippen molar-refractivity contribution in [1.82, 2.24) is 0 Å². The van der Waals surface area contributed by atoms with Gasteiger partial charge >= 0.3 is 0 Å². The van der Waals surface area contributed by atoms with Crippen LogP contribution >= 0.6 is 0 Å². The normalized spacial score (nSPS) is 9.65. The second-order valence-corrected chi connectivity index (χ2v) is 3.77. The minimum Gasteiger partial charge on any atom is -0.457 e. The van der Waals surface area contributed by atoms with Crippen LogP contribution in [0.1, 0.15) is 18.1 Å². The summed E-state index contributed by atoms with van der Waals surface area (Å²) in [6.45, 7) is 2.13. The first kappa shape index (κ1) is 11.3. The molecule has 0 saturated heterocycles. The maximum Gasteiger partial charge on any atom is 0.127 e. The van der Waals surface area contributed by atoms with Crippen LogP contribution in [0.3, 0.4) is 0 Å². The monoisotopic (exact) mass is 222 g/mol. The highest BCUT2D eigenvalue weighted by Gasteiger charge is 1.97. The highest BCUT2D eigenvalue weighted by molar-refractivity contribution is 5.39. The molecule has 0 amide bonds. The van der Waals surface area contributed by atoms with Gasteiger partial charge in [-0.15, -0.1) is 6.42 Å². The minimum absolute atomic E-state index is 0.799. The van der Waals surface area contributed by atoms with Crippen molar-refractivity contribution < 1.29 is 4.74 Å². The van der Waals surface area contributed by atoms with E-state index in [0.717, 1.165) is 23.5 Å². The zero-order valence-electron chi connectivity index (χ0n) is 9.81. The first-order valence-electron chi connectivity index (χ1n) is 5.65. The molecule has 0 N–H and O–H groups in total. The summed E-state index contributed by atoms with van der Waals surface area (Å²) in [5.41, 5.74) is 2.17. The van der Waals surface area contributed by atoms with E-state index < -0.39 is 0 Å². The second-order valence-electron chi connectivity index (χ2n) is 3.77. The average Bonchev–Trinajstić information content (AvgIpc) is 2.40. The number of terminal acetylenes is 1. The SMILES string of the molecule is C#Cc1ccc(Oc2ccc(CC)cc2)cc1. The van der Waals surface area contributed by atoms with Crippen LogP contribution in [0.2, 0.25) is 0 Å². The molecule has 0 unspecified atom stereocenters. The van der Waals surface area contributed by atoms with Gasteiger partial charge in [-0.1, -0.05) is 25.0 Å². The molecule has 0 spiro atoms. The summed E-state index contributed by atoms with van der Waals surface area (Å²) in [5.74, 6) is 4.22. The van der Waals surface area contributed by atoms with Gasteiger partial charge in [0, 0.05) is 5.56 Å². The predicted molar refractivity (Wildman–Crippen MR) is 70.3 cm³/mol. The van der Waals surface area contributed by atoms with Crippen molar-refractivity contribution in [1.29, 1.82) is 0 Å². The third-order valence-electron chi connectivity index (χ3n) is 2.59. The first-order chi connectivity index (χ1) is 8.31. The van der Waals surface area contributed by atoms with Gasteiger partial charge in [0.15, 0.2) is 0 Å². The van der Waals surface area contributed by atoms with Crippen molar-refractivity contribution in [3.8, 4) is 23.8 Å². The Bertz CT molecular complexity index is 515. The summed E-state index contributed by atoms with van der Waals surface area (Å²) < 4.78 is 5.71. The third kappa shape index (κ3) is 2.89. The van der Waals surface area contributed by atoms with E-state index >= 15 is 0 Å². The molecule has 0 aliphatic rings. The molecule has 17 heavy (non-hydrogen) atoms. The molecule has 0 aliphatic heterocycles. The van der Waals surface area contributed by atoms with Crippen molar-refractivity contribution in [3.63, 3.8) is 0 Å². The Morgan fingerprint density at radius 1 is 0.941 bits per heavy atom. The zero-order valence-corrected chi connectivity index (χ0v) is 9.81. The Morgan fingerprint density at radius 3 is 1.94 bits per heavy atom. The van der Waals surface area contributed by atoms with Gasteiger partial charge in [0.25, 0.3) is 0 Å². The number of rotatable bonds is 3. The summed E-state index contributed by atoms with van der Waals surface area (Å²) in [6, 6.07) is 15.6. The summed E-state index contributed by atoms with van der Waals surface area (Å²) in [5, 5.41) is 0. The van der Waals surface area contributed by atoms with Gasteiger partial charge in [-0.2, -0.15) is 0 Å². The lowest BCUT2D eigenvalue weighted by Crippen LogP contribution is -1.85. The summed E-state index contributed by atoms with van der Waals surface area (Å²) in [6.07, 6.45) is 6.33. The largest absolute Gasteiger partial charge is 0.457 e. The van der Waals surface area contributed by atoms with E-state index in [1.807, 2.05) is 36.4 Å². The molecule has 2 aromatic carbocycles. The fourth-order valence-corrected chi connectivity index (χ4v) is 1.55. The number of ether oxygens (including phenoxy) is 1. The maximum atomic E-state index is 5.71. The number of hydrogen-bond acceptors (Lipinski definition) is 1.